The lowest BCUT2D eigenvalue weighted by Gasteiger charge is -2.11. The molecule has 0 spiro atoms. The number of halogens is 3. The number of hydrogen-bond donors (Lipinski definition) is 0. The molecule has 0 bridgehead atoms. The van der Waals surface area contributed by atoms with Crippen LogP contribution in [0.15, 0.2) is 24.3 Å². The van der Waals surface area contributed by atoms with Gasteiger partial charge in [-0.25, -0.2) is 4.39 Å². The maximum atomic E-state index is 13.8. The maximum absolute atomic E-state index is 13.8. The molecule has 0 N–H and O–H groups in total. The summed E-state index contributed by atoms with van der Waals surface area (Å²) in [5, 5.41) is 0.553. The zero-order valence-electron chi connectivity index (χ0n) is 9.43. The molecule has 17 heavy (non-hydrogen) atoms. The van der Waals surface area contributed by atoms with E-state index in [2.05, 4.69) is 28.9 Å². The van der Waals surface area contributed by atoms with E-state index in [4.69, 9.17) is 11.6 Å². The van der Waals surface area contributed by atoms with Gasteiger partial charge in [0.1, 0.15) is 5.82 Å². The number of aryl methyl sites for hydroxylation is 2. The predicted molar refractivity (Wildman–Crippen MR) is 76.0 cm³/mol. The molecule has 1 aromatic carbocycles. The predicted octanol–water partition coefficient (Wildman–Crippen LogP) is 5.64. The van der Waals surface area contributed by atoms with Crippen molar-refractivity contribution in [3.8, 4) is 0 Å². The van der Waals surface area contributed by atoms with Crippen LogP contribution >= 0.6 is 38.9 Å². The van der Waals surface area contributed by atoms with Gasteiger partial charge in [0.15, 0.2) is 0 Å². The van der Waals surface area contributed by atoms with Crippen LogP contribution in [-0.4, -0.2) is 0 Å². The van der Waals surface area contributed by atoms with Crippen LogP contribution in [0, 0.1) is 19.7 Å². The number of hydrogen-bond acceptors (Lipinski definition) is 1. The first-order chi connectivity index (χ1) is 7.99. The van der Waals surface area contributed by atoms with Crippen molar-refractivity contribution in [1.29, 1.82) is 0 Å². The second kappa shape index (κ2) is 5.09. The van der Waals surface area contributed by atoms with Crippen LogP contribution in [0.2, 0.25) is 5.02 Å². The van der Waals surface area contributed by atoms with E-state index in [9.17, 15) is 4.39 Å². The summed E-state index contributed by atoms with van der Waals surface area (Å²) >= 11 is 11.1. The summed E-state index contributed by atoms with van der Waals surface area (Å²) < 4.78 is 13.8. The van der Waals surface area contributed by atoms with Gasteiger partial charge in [0.2, 0.25) is 0 Å². The van der Waals surface area contributed by atoms with E-state index < -0.39 is 0 Å². The fourth-order valence-corrected chi connectivity index (χ4v) is 3.97. The molecule has 2 rings (SSSR count). The zero-order chi connectivity index (χ0) is 12.6. The molecule has 1 unspecified atom stereocenters. The molecule has 0 aliphatic carbocycles. The average molecular weight is 334 g/mol. The Morgan fingerprint density at radius 2 is 2.00 bits per heavy atom. The molecule has 0 amide bonds. The van der Waals surface area contributed by atoms with Gasteiger partial charge in [0, 0.05) is 20.3 Å². The highest BCUT2D eigenvalue weighted by atomic mass is 79.9. The summed E-state index contributed by atoms with van der Waals surface area (Å²) in [5.74, 6) is -0.235. The highest BCUT2D eigenvalue weighted by Crippen LogP contribution is 2.39. The zero-order valence-corrected chi connectivity index (χ0v) is 12.6. The van der Waals surface area contributed by atoms with Gasteiger partial charge in [0.25, 0.3) is 0 Å². The Bertz CT molecular complexity index is 550. The van der Waals surface area contributed by atoms with Gasteiger partial charge in [-0.1, -0.05) is 27.5 Å². The smallest absolute Gasteiger partial charge is 0.128 e. The van der Waals surface area contributed by atoms with Crippen LogP contribution in [0.4, 0.5) is 4.39 Å². The monoisotopic (exact) mass is 332 g/mol. The molecule has 90 valence electrons. The minimum atomic E-state index is -0.235. The van der Waals surface area contributed by atoms with Gasteiger partial charge in [0.05, 0.1) is 4.83 Å². The quantitative estimate of drug-likeness (QED) is 0.624. The second-order valence-corrected chi connectivity index (χ2v) is 6.57. The Morgan fingerprint density at radius 1 is 1.29 bits per heavy atom. The molecular formula is C13H11BrClFS. The lowest BCUT2D eigenvalue weighted by Crippen LogP contribution is -1.95. The minimum absolute atomic E-state index is 0.139. The van der Waals surface area contributed by atoms with Gasteiger partial charge < -0.3 is 0 Å². The molecule has 0 nitrogen and oxygen atoms in total. The van der Waals surface area contributed by atoms with Crippen LogP contribution in [0.3, 0.4) is 0 Å². The highest BCUT2D eigenvalue weighted by Gasteiger charge is 2.19. The van der Waals surface area contributed by atoms with E-state index in [1.54, 1.807) is 23.5 Å². The Balaban J connectivity index is 2.46. The summed E-state index contributed by atoms with van der Waals surface area (Å²) in [6.45, 7) is 4.09. The summed E-state index contributed by atoms with van der Waals surface area (Å²) in [7, 11) is 0. The number of thiophene rings is 1. The van der Waals surface area contributed by atoms with E-state index in [1.807, 2.05) is 6.92 Å². The first kappa shape index (κ1) is 13.1. The van der Waals surface area contributed by atoms with Crippen molar-refractivity contribution in [1.82, 2.24) is 0 Å². The van der Waals surface area contributed by atoms with Crippen LogP contribution in [-0.2, 0) is 0 Å². The third-order valence-electron chi connectivity index (χ3n) is 2.54. The lowest BCUT2D eigenvalue weighted by atomic mass is 10.1. The topological polar surface area (TPSA) is 0 Å². The van der Waals surface area contributed by atoms with Crippen LogP contribution in [0.25, 0.3) is 0 Å². The van der Waals surface area contributed by atoms with Crippen molar-refractivity contribution < 1.29 is 4.39 Å². The van der Waals surface area contributed by atoms with Gasteiger partial charge in [-0.05, 0) is 43.7 Å². The lowest BCUT2D eigenvalue weighted by molar-refractivity contribution is 0.614. The van der Waals surface area contributed by atoms with E-state index in [0.29, 0.717) is 10.6 Å². The van der Waals surface area contributed by atoms with Crippen LogP contribution in [0.1, 0.15) is 25.7 Å². The van der Waals surface area contributed by atoms with E-state index >= 15 is 0 Å². The molecule has 4 heteroatoms. The number of alkyl halides is 1. The molecule has 1 atom stereocenters. The Labute approximate surface area is 118 Å². The molecule has 0 aliphatic rings. The molecule has 0 saturated carbocycles. The molecule has 0 aliphatic heterocycles. The average Bonchev–Trinajstić information content (AvgIpc) is 2.60. The van der Waals surface area contributed by atoms with E-state index in [0.717, 1.165) is 4.88 Å². The first-order valence-corrected chi connectivity index (χ1v) is 7.26. The highest BCUT2D eigenvalue weighted by molar-refractivity contribution is 9.09. The number of rotatable bonds is 2. The third-order valence-corrected chi connectivity index (χ3v) is 5.25. The summed E-state index contributed by atoms with van der Waals surface area (Å²) in [5.41, 5.74) is 1.76. The van der Waals surface area contributed by atoms with Crippen molar-refractivity contribution in [2.75, 3.05) is 0 Å². The molecule has 0 radical (unpaired) electrons. The van der Waals surface area contributed by atoms with Gasteiger partial charge in [-0.3, -0.25) is 0 Å². The van der Waals surface area contributed by atoms with Crippen LogP contribution < -0.4 is 0 Å². The molecule has 1 aromatic heterocycles. The Kier molecular flexibility index (Phi) is 3.91. The van der Waals surface area contributed by atoms with Crippen molar-refractivity contribution >= 4 is 38.9 Å². The molecule has 2 aromatic rings. The molecule has 0 saturated heterocycles. The van der Waals surface area contributed by atoms with Crippen LogP contribution in [0.5, 0.6) is 0 Å². The molecule has 0 fully saturated rings. The largest absolute Gasteiger partial charge is 0.207 e. The normalized spacial score (nSPS) is 12.8. The second-order valence-electron chi connectivity index (χ2n) is 3.93. The van der Waals surface area contributed by atoms with Crippen molar-refractivity contribution in [2.45, 2.75) is 18.7 Å². The van der Waals surface area contributed by atoms with E-state index in [1.165, 1.54) is 16.5 Å². The fourth-order valence-electron chi connectivity index (χ4n) is 1.76. The van der Waals surface area contributed by atoms with Gasteiger partial charge in [-0.2, -0.15) is 0 Å². The standard InChI is InChI=1S/C13H11BrClFS/c1-7-5-8(2)17-13(7)12(14)10-6-9(15)3-4-11(10)16/h3-6,12H,1-2H3. The minimum Gasteiger partial charge on any atom is -0.207 e. The first-order valence-electron chi connectivity index (χ1n) is 5.15. The van der Waals surface area contributed by atoms with Crippen molar-refractivity contribution in [2.24, 2.45) is 0 Å². The van der Waals surface area contributed by atoms with Crippen molar-refractivity contribution in [3.05, 3.63) is 56.0 Å². The Hall–Kier alpha value is -0.380. The maximum Gasteiger partial charge on any atom is 0.128 e. The van der Waals surface area contributed by atoms with Gasteiger partial charge >= 0.3 is 0 Å². The summed E-state index contributed by atoms with van der Waals surface area (Å²) in [6, 6.07) is 6.75. The summed E-state index contributed by atoms with van der Waals surface area (Å²) in [6.07, 6.45) is 0. The Morgan fingerprint density at radius 3 is 2.59 bits per heavy atom. The van der Waals surface area contributed by atoms with E-state index in [-0.39, 0.29) is 10.6 Å². The summed E-state index contributed by atoms with van der Waals surface area (Å²) in [4.78, 5) is 2.22. The SMILES string of the molecule is Cc1cc(C)c(C(Br)c2cc(Cl)ccc2F)s1. The number of benzene rings is 1. The third kappa shape index (κ3) is 2.72. The molecular weight excluding hydrogens is 323 g/mol. The fraction of sp³-hybridized carbons (Fsp3) is 0.231. The molecule has 1 heterocycles. The van der Waals surface area contributed by atoms with Crippen molar-refractivity contribution in [3.63, 3.8) is 0 Å². The van der Waals surface area contributed by atoms with Gasteiger partial charge in [-0.15, -0.1) is 11.3 Å².